The second-order valence-electron chi connectivity index (χ2n) is 4.27. The molecule has 4 nitrogen and oxygen atoms in total. The van der Waals surface area contributed by atoms with Crippen LogP contribution in [0, 0.1) is 0 Å². The Morgan fingerprint density at radius 1 is 1.54 bits per heavy atom. The first kappa shape index (κ1) is 10.0. The first-order valence-electron chi connectivity index (χ1n) is 4.59. The molecule has 1 heterocycles. The van der Waals surface area contributed by atoms with Gasteiger partial charge >= 0.3 is 0 Å². The summed E-state index contributed by atoms with van der Waals surface area (Å²) >= 11 is 0. The number of aliphatic imine (C=N–C) groups is 1. The minimum atomic E-state index is -0.204. The van der Waals surface area contributed by atoms with E-state index in [2.05, 4.69) is 15.6 Å². The minimum absolute atomic E-state index is 0.00532. The molecule has 74 valence electrons. The predicted molar refractivity (Wildman–Crippen MR) is 52.5 cm³/mol. The van der Waals surface area contributed by atoms with Gasteiger partial charge in [-0.1, -0.05) is 6.92 Å². The van der Waals surface area contributed by atoms with Gasteiger partial charge in [-0.05, 0) is 27.2 Å². The molecule has 1 amide bonds. The van der Waals surface area contributed by atoms with Gasteiger partial charge in [0.05, 0.1) is 0 Å². The monoisotopic (exact) mass is 183 g/mol. The van der Waals surface area contributed by atoms with E-state index >= 15 is 0 Å². The highest BCUT2D eigenvalue weighted by atomic mass is 16.2. The number of carbonyl (C=O) groups excluding carboxylic acids is 1. The standard InChI is InChI=1S/C9H17N3O/c1-5-6-7(13)11-8(10-6)12-9(2,3)4/h6H,5H2,1-4H3,(H2,10,11,12,13). The molecular weight excluding hydrogens is 166 g/mol. The lowest BCUT2D eigenvalue weighted by atomic mass is 10.1. The molecule has 1 aliphatic rings. The summed E-state index contributed by atoms with van der Waals surface area (Å²) in [6, 6.07) is -0.204. The normalized spacial score (nSPS) is 22.6. The zero-order valence-electron chi connectivity index (χ0n) is 8.64. The van der Waals surface area contributed by atoms with Crippen LogP contribution >= 0.6 is 0 Å². The van der Waals surface area contributed by atoms with Crippen LogP contribution in [0.25, 0.3) is 0 Å². The fourth-order valence-electron chi connectivity index (χ4n) is 1.14. The predicted octanol–water partition coefficient (Wildman–Crippen LogP) is 0.639. The molecule has 0 aromatic heterocycles. The van der Waals surface area contributed by atoms with Crippen molar-refractivity contribution in [2.45, 2.75) is 45.7 Å². The Hall–Kier alpha value is -1.06. The number of hydrogen-bond acceptors (Lipinski definition) is 3. The van der Waals surface area contributed by atoms with Gasteiger partial charge in [-0.25, -0.2) is 4.99 Å². The average molecular weight is 183 g/mol. The molecule has 0 saturated carbocycles. The number of amides is 1. The van der Waals surface area contributed by atoms with Gasteiger partial charge in [0.25, 0.3) is 5.91 Å². The molecule has 0 spiro atoms. The lowest BCUT2D eigenvalue weighted by molar-refractivity contribution is -0.120. The maximum atomic E-state index is 11.2. The minimum Gasteiger partial charge on any atom is -0.351 e. The maximum absolute atomic E-state index is 11.2. The van der Waals surface area contributed by atoms with Crippen molar-refractivity contribution < 1.29 is 4.79 Å². The van der Waals surface area contributed by atoms with Gasteiger partial charge in [-0.2, -0.15) is 0 Å². The summed E-state index contributed by atoms with van der Waals surface area (Å²) in [7, 11) is 0. The van der Waals surface area contributed by atoms with Crippen molar-refractivity contribution in [2.75, 3.05) is 0 Å². The van der Waals surface area contributed by atoms with Crippen LogP contribution in [0.1, 0.15) is 34.1 Å². The Kier molecular flexibility index (Phi) is 2.59. The highest BCUT2D eigenvalue weighted by Gasteiger charge is 2.26. The summed E-state index contributed by atoms with van der Waals surface area (Å²) in [5.74, 6) is 0.596. The SMILES string of the molecule is CCC1N=C(NC(C)(C)C)NC1=O. The smallest absolute Gasteiger partial charge is 0.251 e. The Balaban J connectivity index is 2.60. The summed E-state index contributed by atoms with van der Waals surface area (Å²) < 4.78 is 0. The van der Waals surface area contributed by atoms with E-state index in [1.807, 2.05) is 27.7 Å². The summed E-state index contributed by atoms with van der Waals surface area (Å²) in [6.45, 7) is 8.04. The number of hydrogen-bond donors (Lipinski definition) is 2. The Morgan fingerprint density at radius 3 is 2.54 bits per heavy atom. The van der Waals surface area contributed by atoms with Gasteiger partial charge in [-0.15, -0.1) is 0 Å². The molecule has 0 radical (unpaired) electrons. The van der Waals surface area contributed by atoms with Crippen LogP contribution in [-0.4, -0.2) is 23.4 Å². The molecule has 13 heavy (non-hydrogen) atoms. The van der Waals surface area contributed by atoms with Crippen LogP contribution in [-0.2, 0) is 4.79 Å². The van der Waals surface area contributed by atoms with Crippen LogP contribution < -0.4 is 10.6 Å². The fourth-order valence-corrected chi connectivity index (χ4v) is 1.14. The molecule has 0 aromatic rings. The highest BCUT2D eigenvalue weighted by molar-refractivity contribution is 6.04. The summed E-state index contributed by atoms with van der Waals surface area (Å²) in [5.41, 5.74) is -0.0608. The van der Waals surface area contributed by atoms with E-state index in [4.69, 9.17) is 0 Å². The second kappa shape index (κ2) is 3.36. The van der Waals surface area contributed by atoms with Crippen LogP contribution in [0.2, 0.25) is 0 Å². The first-order chi connectivity index (χ1) is 5.92. The average Bonchev–Trinajstić information content (AvgIpc) is 2.26. The van der Waals surface area contributed by atoms with Crippen molar-refractivity contribution in [3.8, 4) is 0 Å². The number of nitrogens with one attached hydrogen (secondary N) is 2. The Labute approximate surface area is 78.8 Å². The van der Waals surface area contributed by atoms with Gasteiger partial charge in [0.15, 0.2) is 5.96 Å². The molecule has 0 bridgehead atoms. The van der Waals surface area contributed by atoms with Gasteiger partial charge < -0.3 is 5.32 Å². The fraction of sp³-hybridized carbons (Fsp3) is 0.778. The van der Waals surface area contributed by atoms with Crippen molar-refractivity contribution >= 4 is 11.9 Å². The zero-order valence-corrected chi connectivity index (χ0v) is 8.64. The third-order valence-corrected chi connectivity index (χ3v) is 1.71. The lowest BCUT2D eigenvalue weighted by Gasteiger charge is -2.21. The van der Waals surface area contributed by atoms with Gasteiger partial charge in [0.2, 0.25) is 0 Å². The molecule has 1 atom stereocenters. The molecule has 1 aliphatic heterocycles. The molecule has 1 rings (SSSR count). The highest BCUT2D eigenvalue weighted by Crippen LogP contribution is 2.06. The molecule has 1 unspecified atom stereocenters. The van der Waals surface area contributed by atoms with Gasteiger partial charge in [0.1, 0.15) is 6.04 Å². The van der Waals surface area contributed by atoms with Gasteiger partial charge in [-0.3, -0.25) is 10.1 Å². The van der Waals surface area contributed by atoms with E-state index in [0.29, 0.717) is 5.96 Å². The Morgan fingerprint density at radius 2 is 2.15 bits per heavy atom. The second-order valence-corrected chi connectivity index (χ2v) is 4.27. The van der Waals surface area contributed by atoms with Crippen molar-refractivity contribution in [3.63, 3.8) is 0 Å². The number of guanidine groups is 1. The van der Waals surface area contributed by atoms with Crippen LogP contribution in [0.5, 0.6) is 0 Å². The third-order valence-electron chi connectivity index (χ3n) is 1.71. The number of nitrogens with zero attached hydrogens (tertiary/aromatic N) is 1. The van der Waals surface area contributed by atoms with Crippen molar-refractivity contribution in [1.82, 2.24) is 10.6 Å². The van der Waals surface area contributed by atoms with E-state index in [9.17, 15) is 4.79 Å². The van der Waals surface area contributed by atoms with Crippen molar-refractivity contribution in [3.05, 3.63) is 0 Å². The maximum Gasteiger partial charge on any atom is 0.251 e. The molecule has 0 saturated heterocycles. The van der Waals surface area contributed by atoms with E-state index in [-0.39, 0.29) is 17.5 Å². The molecule has 0 fully saturated rings. The third kappa shape index (κ3) is 2.72. The van der Waals surface area contributed by atoms with E-state index in [1.54, 1.807) is 0 Å². The Bertz CT molecular complexity index is 240. The first-order valence-corrected chi connectivity index (χ1v) is 4.59. The summed E-state index contributed by atoms with van der Waals surface area (Å²) in [5, 5.41) is 5.84. The van der Waals surface area contributed by atoms with E-state index in [0.717, 1.165) is 6.42 Å². The number of carbonyl (C=O) groups is 1. The van der Waals surface area contributed by atoms with Crippen LogP contribution in [0.15, 0.2) is 4.99 Å². The quantitative estimate of drug-likeness (QED) is 0.626. The molecule has 2 N–H and O–H groups in total. The van der Waals surface area contributed by atoms with E-state index < -0.39 is 0 Å². The summed E-state index contributed by atoms with van der Waals surface area (Å²) in [6.07, 6.45) is 0.751. The summed E-state index contributed by atoms with van der Waals surface area (Å²) in [4.78, 5) is 15.5. The molecule has 0 aromatic carbocycles. The lowest BCUT2D eigenvalue weighted by Crippen LogP contribution is -2.46. The van der Waals surface area contributed by atoms with Crippen molar-refractivity contribution in [2.24, 2.45) is 4.99 Å². The zero-order chi connectivity index (χ0) is 10.1. The van der Waals surface area contributed by atoms with Crippen LogP contribution in [0.3, 0.4) is 0 Å². The largest absolute Gasteiger partial charge is 0.351 e. The number of rotatable bonds is 1. The topological polar surface area (TPSA) is 53.5 Å². The molecule has 4 heteroatoms. The molecular formula is C9H17N3O. The van der Waals surface area contributed by atoms with E-state index in [1.165, 1.54) is 0 Å². The van der Waals surface area contributed by atoms with Crippen LogP contribution in [0.4, 0.5) is 0 Å². The molecule has 0 aliphatic carbocycles. The van der Waals surface area contributed by atoms with Gasteiger partial charge in [0, 0.05) is 5.54 Å². The van der Waals surface area contributed by atoms with Crippen molar-refractivity contribution in [1.29, 1.82) is 0 Å².